The number of hydrogen-bond acceptors (Lipinski definition) is 6. The number of rotatable bonds is 6. The minimum atomic E-state index is -3.58. The first kappa shape index (κ1) is 22.3. The monoisotopic (exact) mass is 456 g/mol. The summed E-state index contributed by atoms with van der Waals surface area (Å²) < 4.78 is 25.7. The summed E-state index contributed by atoms with van der Waals surface area (Å²) >= 11 is 0. The van der Waals surface area contributed by atoms with Crippen molar-refractivity contribution < 1.29 is 18.0 Å². The molecule has 0 aliphatic carbocycles. The molecule has 0 radical (unpaired) electrons. The number of fused-ring (bicyclic) bond motifs is 1. The van der Waals surface area contributed by atoms with Gasteiger partial charge in [-0.05, 0) is 42.3 Å². The first-order valence-electron chi connectivity index (χ1n) is 11.0. The number of aromatic nitrogens is 1. The van der Waals surface area contributed by atoms with E-state index >= 15 is 0 Å². The predicted octanol–water partition coefficient (Wildman–Crippen LogP) is 1.89. The van der Waals surface area contributed by atoms with E-state index in [4.69, 9.17) is 0 Å². The molecule has 2 aliphatic heterocycles. The van der Waals surface area contributed by atoms with Crippen LogP contribution < -0.4 is 9.80 Å². The summed E-state index contributed by atoms with van der Waals surface area (Å²) in [5.41, 5.74) is 1.66. The molecule has 2 aromatic rings. The first-order chi connectivity index (χ1) is 15.4. The Labute approximate surface area is 188 Å². The van der Waals surface area contributed by atoms with E-state index in [1.54, 1.807) is 34.2 Å². The van der Waals surface area contributed by atoms with Gasteiger partial charge in [-0.2, -0.15) is 0 Å². The standard InChI is InChI=1S/C23H28N4O4S/c1-2-22(28)27-11-8-18-17-19(6-7-20(18)27)32(30,31)16-9-23(29)26-14-12-25(13-15-26)21-5-3-4-10-24-21/h3-7,10,17H,2,8-9,11-16H2,1H3. The van der Waals surface area contributed by atoms with Crippen LogP contribution in [-0.4, -0.2) is 68.6 Å². The number of pyridine rings is 1. The Balaban J connectivity index is 1.34. The highest BCUT2D eigenvalue weighted by atomic mass is 32.2. The van der Waals surface area contributed by atoms with Crippen molar-refractivity contribution in [3.8, 4) is 0 Å². The fraction of sp³-hybridized carbons (Fsp3) is 0.435. The van der Waals surface area contributed by atoms with Gasteiger partial charge >= 0.3 is 0 Å². The van der Waals surface area contributed by atoms with Crippen molar-refractivity contribution in [1.29, 1.82) is 0 Å². The zero-order valence-electron chi connectivity index (χ0n) is 18.2. The van der Waals surface area contributed by atoms with Gasteiger partial charge in [0.15, 0.2) is 9.84 Å². The summed E-state index contributed by atoms with van der Waals surface area (Å²) in [6.07, 6.45) is 2.76. The van der Waals surface area contributed by atoms with Gasteiger partial charge in [0, 0.05) is 57.4 Å². The van der Waals surface area contributed by atoms with Crippen LogP contribution in [0.25, 0.3) is 0 Å². The van der Waals surface area contributed by atoms with E-state index in [-0.39, 0.29) is 28.9 Å². The van der Waals surface area contributed by atoms with Crippen molar-refractivity contribution in [2.45, 2.75) is 31.1 Å². The van der Waals surface area contributed by atoms with Gasteiger partial charge in [-0.15, -0.1) is 0 Å². The predicted molar refractivity (Wildman–Crippen MR) is 122 cm³/mol. The highest BCUT2D eigenvalue weighted by molar-refractivity contribution is 7.91. The number of sulfone groups is 1. The molecule has 8 nitrogen and oxygen atoms in total. The lowest BCUT2D eigenvalue weighted by atomic mass is 10.2. The molecule has 3 heterocycles. The lowest BCUT2D eigenvalue weighted by molar-refractivity contribution is -0.131. The van der Waals surface area contributed by atoms with Crippen LogP contribution in [0.4, 0.5) is 11.5 Å². The molecule has 170 valence electrons. The Bertz CT molecular complexity index is 1100. The van der Waals surface area contributed by atoms with Crippen molar-refractivity contribution >= 4 is 33.2 Å². The van der Waals surface area contributed by atoms with Gasteiger partial charge in [0.1, 0.15) is 5.82 Å². The highest BCUT2D eigenvalue weighted by Crippen LogP contribution is 2.31. The molecule has 0 bridgehead atoms. The van der Waals surface area contributed by atoms with Gasteiger partial charge in [0.2, 0.25) is 11.8 Å². The number of carbonyl (C=O) groups is 2. The van der Waals surface area contributed by atoms with Crippen LogP contribution in [0.15, 0.2) is 47.5 Å². The molecule has 2 aliphatic rings. The van der Waals surface area contributed by atoms with Gasteiger partial charge in [-0.1, -0.05) is 13.0 Å². The molecule has 32 heavy (non-hydrogen) atoms. The summed E-state index contributed by atoms with van der Waals surface area (Å²) in [4.78, 5) is 34.8. The maximum absolute atomic E-state index is 12.9. The Hall–Kier alpha value is -2.94. The molecular formula is C23H28N4O4S. The van der Waals surface area contributed by atoms with Gasteiger partial charge in [0.05, 0.1) is 10.6 Å². The summed E-state index contributed by atoms with van der Waals surface area (Å²) in [5, 5.41) is 0. The number of piperazine rings is 1. The number of hydrogen-bond donors (Lipinski definition) is 0. The zero-order chi connectivity index (χ0) is 22.7. The van der Waals surface area contributed by atoms with Crippen molar-refractivity contribution in [2.75, 3.05) is 48.3 Å². The fourth-order valence-corrected chi connectivity index (χ4v) is 5.52. The third-order valence-corrected chi connectivity index (χ3v) is 7.81. The van der Waals surface area contributed by atoms with Gasteiger partial charge in [-0.25, -0.2) is 13.4 Å². The number of nitrogens with zero attached hydrogens (tertiary/aromatic N) is 4. The van der Waals surface area contributed by atoms with E-state index in [0.717, 1.165) is 17.1 Å². The van der Waals surface area contributed by atoms with Gasteiger partial charge in [0.25, 0.3) is 0 Å². The first-order valence-corrected chi connectivity index (χ1v) is 12.6. The molecule has 1 saturated heterocycles. The Morgan fingerprint density at radius 2 is 1.78 bits per heavy atom. The maximum atomic E-state index is 12.9. The van der Waals surface area contributed by atoms with E-state index in [1.165, 1.54) is 0 Å². The lowest BCUT2D eigenvalue weighted by Gasteiger charge is -2.35. The number of amides is 2. The van der Waals surface area contributed by atoms with Crippen LogP contribution in [0.2, 0.25) is 0 Å². The van der Waals surface area contributed by atoms with Gasteiger partial charge < -0.3 is 14.7 Å². The molecule has 0 N–H and O–H groups in total. The second-order valence-electron chi connectivity index (χ2n) is 8.06. The Kier molecular flexibility index (Phi) is 6.45. The molecular weight excluding hydrogens is 428 g/mol. The second-order valence-corrected chi connectivity index (χ2v) is 10.2. The summed E-state index contributed by atoms with van der Waals surface area (Å²) in [6.45, 7) is 4.84. The van der Waals surface area contributed by atoms with Crippen LogP contribution >= 0.6 is 0 Å². The molecule has 0 saturated carbocycles. The van der Waals surface area contributed by atoms with E-state index in [9.17, 15) is 18.0 Å². The Morgan fingerprint density at radius 3 is 2.47 bits per heavy atom. The summed E-state index contributed by atoms with van der Waals surface area (Å²) in [6, 6.07) is 10.7. The minimum Gasteiger partial charge on any atom is -0.353 e. The van der Waals surface area contributed by atoms with E-state index in [0.29, 0.717) is 45.6 Å². The van der Waals surface area contributed by atoms with E-state index < -0.39 is 9.84 Å². The number of carbonyl (C=O) groups excluding carboxylic acids is 2. The topological polar surface area (TPSA) is 90.9 Å². The smallest absolute Gasteiger partial charge is 0.226 e. The van der Waals surface area contributed by atoms with Crippen molar-refractivity contribution in [2.24, 2.45) is 0 Å². The van der Waals surface area contributed by atoms with E-state index in [1.807, 2.05) is 25.1 Å². The zero-order valence-corrected chi connectivity index (χ0v) is 19.1. The van der Waals surface area contributed by atoms with Crippen LogP contribution in [0, 0.1) is 0 Å². The molecule has 0 spiro atoms. The molecule has 1 aromatic carbocycles. The molecule has 2 amide bonds. The molecule has 1 fully saturated rings. The summed E-state index contributed by atoms with van der Waals surface area (Å²) in [7, 11) is -3.58. The molecule has 1 aromatic heterocycles. The largest absolute Gasteiger partial charge is 0.353 e. The lowest BCUT2D eigenvalue weighted by Crippen LogP contribution is -2.49. The normalized spacial score (nSPS) is 16.2. The van der Waals surface area contributed by atoms with Crippen LogP contribution in [0.1, 0.15) is 25.3 Å². The highest BCUT2D eigenvalue weighted by Gasteiger charge is 2.27. The number of anilines is 2. The Morgan fingerprint density at radius 1 is 1.00 bits per heavy atom. The molecule has 4 rings (SSSR count). The minimum absolute atomic E-state index is 0.0353. The average molecular weight is 457 g/mol. The molecule has 9 heteroatoms. The average Bonchev–Trinajstić information content (AvgIpc) is 3.26. The molecule has 0 unspecified atom stereocenters. The van der Waals surface area contributed by atoms with Gasteiger partial charge in [-0.3, -0.25) is 9.59 Å². The van der Waals surface area contributed by atoms with Crippen LogP contribution in [-0.2, 0) is 25.8 Å². The summed E-state index contributed by atoms with van der Waals surface area (Å²) in [5.74, 6) is 0.559. The second kappa shape index (κ2) is 9.28. The quantitative estimate of drug-likeness (QED) is 0.659. The maximum Gasteiger partial charge on any atom is 0.226 e. The number of benzene rings is 1. The van der Waals surface area contributed by atoms with Crippen LogP contribution in [0.5, 0.6) is 0 Å². The SMILES string of the molecule is CCC(=O)N1CCc2cc(S(=O)(=O)CCC(=O)N3CCN(c4ccccn4)CC3)ccc21. The van der Waals surface area contributed by atoms with Crippen molar-refractivity contribution in [3.05, 3.63) is 48.2 Å². The molecule has 0 atom stereocenters. The fourth-order valence-electron chi connectivity index (χ4n) is 4.24. The van der Waals surface area contributed by atoms with Crippen molar-refractivity contribution in [3.63, 3.8) is 0 Å². The third-order valence-electron chi connectivity index (χ3n) is 6.10. The van der Waals surface area contributed by atoms with E-state index in [2.05, 4.69) is 9.88 Å². The van der Waals surface area contributed by atoms with Crippen LogP contribution in [0.3, 0.4) is 0 Å². The third kappa shape index (κ3) is 4.62. The van der Waals surface area contributed by atoms with Crippen molar-refractivity contribution in [1.82, 2.24) is 9.88 Å².